The molecule has 2 heterocycles. The summed E-state index contributed by atoms with van der Waals surface area (Å²) in [5.41, 5.74) is 3.57. The molecule has 2 N–H and O–H groups in total. The maximum atomic E-state index is 13.8. The molecule has 0 spiro atoms. The number of nitrogens with one attached hydrogen (secondary N) is 2. The number of hydrogen-bond donors (Lipinski definition) is 2. The molecular weight excluding hydrogens is 319 g/mol. The van der Waals surface area contributed by atoms with E-state index in [1.807, 2.05) is 18.2 Å². The van der Waals surface area contributed by atoms with Crippen molar-refractivity contribution in [1.82, 2.24) is 9.78 Å². The molecule has 0 radical (unpaired) electrons. The Balaban J connectivity index is 1.58. The first kappa shape index (κ1) is 15.4. The Hall–Kier alpha value is -3.15. The van der Waals surface area contributed by atoms with Gasteiger partial charge in [0, 0.05) is 17.8 Å². The Morgan fingerprint density at radius 1 is 1.20 bits per heavy atom. The number of fused-ring (bicyclic) bond motifs is 1. The molecular formula is C19H17FN4O. The van der Waals surface area contributed by atoms with E-state index in [1.54, 1.807) is 24.4 Å². The second-order valence-corrected chi connectivity index (χ2v) is 5.94. The number of carbonyl (C=O) groups is 1. The van der Waals surface area contributed by atoms with Crippen molar-refractivity contribution in [3.8, 4) is 5.69 Å². The van der Waals surface area contributed by atoms with Gasteiger partial charge in [-0.1, -0.05) is 18.2 Å². The van der Waals surface area contributed by atoms with Crippen molar-refractivity contribution in [2.24, 2.45) is 0 Å². The third-order valence-corrected chi connectivity index (χ3v) is 4.28. The monoisotopic (exact) mass is 336 g/mol. The molecule has 0 fully saturated rings. The summed E-state index contributed by atoms with van der Waals surface area (Å²) in [5, 5.41) is 10.3. The fourth-order valence-corrected chi connectivity index (χ4v) is 3.08. The molecule has 0 saturated heterocycles. The van der Waals surface area contributed by atoms with Gasteiger partial charge in [0.25, 0.3) is 5.91 Å². The molecule has 0 unspecified atom stereocenters. The number of halogens is 1. The number of carbonyl (C=O) groups excluding carboxylic acids is 1. The molecule has 6 heteroatoms. The van der Waals surface area contributed by atoms with Crippen LogP contribution in [0.15, 0.2) is 54.9 Å². The number of aromatic nitrogens is 2. The van der Waals surface area contributed by atoms with Crippen LogP contribution < -0.4 is 10.6 Å². The lowest BCUT2D eigenvalue weighted by Crippen LogP contribution is -2.19. The summed E-state index contributed by atoms with van der Waals surface area (Å²) in [6, 6.07) is 12.0. The minimum Gasteiger partial charge on any atom is -0.385 e. The topological polar surface area (TPSA) is 59.0 Å². The highest BCUT2D eigenvalue weighted by Gasteiger charge is 2.18. The number of nitrogens with zero attached hydrogens (tertiary/aromatic N) is 2. The van der Waals surface area contributed by atoms with Crippen LogP contribution in [0.25, 0.3) is 5.69 Å². The van der Waals surface area contributed by atoms with Crippen LogP contribution in [-0.4, -0.2) is 22.2 Å². The van der Waals surface area contributed by atoms with Gasteiger partial charge >= 0.3 is 0 Å². The van der Waals surface area contributed by atoms with Crippen LogP contribution in [0.3, 0.4) is 0 Å². The third kappa shape index (κ3) is 2.98. The van der Waals surface area contributed by atoms with E-state index in [2.05, 4.69) is 15.7 Å². The maximum absolute atomic E-state index is 13.8. The second kappa shape index (κ2) is 6.39. The Morgan fingerprint density at radius 2 is 2.08 bits per heavy atom. The van der Waals surface area contributed by atoms with Gasteiger partial charge in [-0.15, -0.1) is 0 Å². The Labute approximate surface area is 144 Å². The molecule has 1 aliphatic rings. The molecule has 25 heavy (non-hydrogen) atoms. The van der Waals surface area contributed by atoms with Crippen LogP contribution in [0.1, 0.15) is 22.3 Å². The number of amides is 1. The van der Waals surface area contributed by atoms with Gasteiger partial charge in [-0.05, 0) is 42.7 Å². The van der Waals surface area contributed by atoms with Crippen LogP contribution >= 0.6 is 0 Å². The number of benzene rings is 2. The van der Waals surface area contributed by atoms with Crippen molar-refractivity contribution in [2.75, 3.05) is 17.2 Å². The van der Waals surface area contributed by atoms with Crippen LogP contribution in [0.4, 0.5) is 15.8 Å². The van der Waals surface area contributed by atoms with Gasteiger partial charge in [0.05, 0.1) is 18.1 Å². The van der Waals surface area contributed by atoms with E-state index in [9.17, 15) is 9.18 Å². The second-order valence-electron chi connectivity index (χ2n) is 5.94. The Kier molecular flexibility index (Phi) is 3.93. The molecule has 1 aliphatic heterocycles. The highest BCUT2D eigenvalue weighted by molar-refractivity contribution is 6.06. The molecule has 126 valence electrons. The standard InChI is InChI=1S/C19H17FN4O/c20-16-7-1-2-9-18(16)24-12-13(11-22-24)23-19(25)15-5-3-8-17-14(15)6-4-10-21-17/h1-3,5,7-9,11-12,21H,4,6,10H2,(H,23,25). The smallest absolute Gasteiger partial charge is 0.256 e. The molecule has 1 amide bonds. The average Bonchev–Trinajstić information content (AvgIpc) is 3.09. The fourth-order valence-electron chi connectivity index (χ4n) is 3.08. The van der Waals surface area contributed by atoms with Crippen molar-refractivity contribution < 1.29 is 9.18 Å². The summed E-state index contributed by atoms with van der Waals surface area (Å²) in [4.78, 5) is 12.6. The SMILES string of the molecule is O=C(Nc1cnn(-c2ccccc2F)c1)c1cccc2c1CCCN2. The molecule has 3 aromatic rings. The number of para-hydroxylation sites is 1. The lowest BCUT2D eigenvalue weighted by Gasteiger charge is -2.20. The molecule has 0 atom stereocenters. The van der Waals surface area contributed by atoms with Crippen molar-refractivity contribution in [2.45, 2.75) is 12.8 Å². The molecule has 5 nitrogen and oxygen atoms in total. The van der Waals surface area contributed by atoms with Crippen molar-refractivity contribution in [3.63, 3.8) is 0 Å². The highest BCUT2D eigenvalue weighted by Crippen LogP contribution is 2.26. The van der Waals surface area contributed by atoms with Crippen LogP contribution in [0.5, 0.6) is 0 Å². The molecule has 2 aromatic carbocycles. The van der Waals surface area contributed by atoms with Crippen molar-refractivity contribution in [3.05, 3.63) is 71.8 Å². The number of anilines is 2. The summed E-state index contributed by atoms with van der Waals surface area (Å²) >= 11 is 0. The lowest BCUT2D eigenvalue weighted by molar-refractivity contribution is 0.102. The van der Waals surface area contributed by atoms with E-state index in [4.69, 9.17) is 0 Å². The number of rotatable bonds is 3. The van der Waals surface area contributed by atoms with Gasteiger partial charge in [0.1, 0.15) is 11.5 Å². The van der Waals surface area contributed by atoms with Crippen molar-refractivity contribution >= 4 is 17.3 Å². The zero-order valence-corrected chi connectivity index (χ0v) is 13.5. The largest absolute Gasteiger partial charge is 0.385 e. The molecule has 0 aliphatic carbocycles. The van der Waals surface area contributed by atoms with E-state index in [-0.39, 0.29) is 11.7 Å². The van der Waals surface area contributed by atoms with Crippen LogP contribution in [0.2, 0.25) is 0 Å². The zero-order valence-electron chi connectivity index (χ0n) is 13.5. The molecule has 1 aromatic heterocycles. The Morgan fingerprint density at radius 3 is 2.96 bits per heavy atom. The normalized spacial score (nSPS) is 13.0. The lowest BCUT2D eigenvalue weighted by atomic mass is 9.97. The summed E-state index contributed by atoms with van der Waals surface area (Å²) in [6.07, 6.45) is 4.99. The zero-order chi connectivity index (χ0) is 17.2. The maximum Gasteiger partial charge on any atom is 0.256 e. The quantitative estimate of drug-likeness (QED) is 0.768. The average molecular weight is 336 g/mol. The van der Waals surface area contributed by atoms with E-state index in [0.717, 1.165) is 30.6 Å². The first-order valence-corrected chi connectivity index (χ1v) is 8.19. The summed E-state index contributed by atoms with van der Waals surface area (Å²) in [5.74, 6) is -0.555. The van der Waals surface area contributed by atoms with Crippen LogP contribution in [-0.2, 0) is 6.42 Å². The Bertz CT molecular complexity index is 935. The van der Waals surface area contributed by atoms with E-state index >= 15 is 0 Å². The fraction of sp³-hybridized carbons (Fsp3) is 0.158. The minimum absolute atomic E-state index is 0.186. The predicted octanol–water partition coefficient (Wildman–Crippen LogP) is 3.62. The van der Waals surface area contributed by atoms with Gasteiger partial charge in [0.15, 0.2) is 0 Å². The first-order chi connectivity index (χ1) is 12.2. The predicted molar refractivity (Wildman–Crippen MR) is 94.7 cm³/mol. The summed E-state index contributed by atoms with van der Waals surface area (Å²) < 4.78 is 15.3. The van der Waals surface area contributed by atoms with Gasteiger partial charge in [-0.3, -0.25) is 4.79 Å². The molecule has 0 saturated carbocycles. The van der Waals surface area contributed by atoms with E-state index < -0.39 is 0 Å². The number of hydrogen-bond acceptors (Lipinski definition) is 3. The molecule has 0 bridgehead atoms. The van der Waals surface area contributed by atoms with Crippen molar-refractivity contribution in [1.29, 1.82) is 0 Å². The van der Waals surface area contributed by atoms with Crippen LogP contribution in [0, 0.1) is 5.82 Å². The molecule has 4 rings (SSSR count). The van der Waals surface area contributed by atoms with Gasteiger partial charge in [0.2, 0.25) is 0 Å². The van der Waals surface area contributed by atoms with E-state index in [0.29, 0.717) is 16.9 Å². The van der Waals surface area contributed by atoms with Gasteiger partial charge in [-0.2, -0.15) is 5.10 Å². The van der Waals surface area contributed by atoms with Gasteiger partial charge < -0.3 is 10.6 Å². The first-order valence-electron chi connectivity index (χ1n) is 8.19. The summed E-state index contributed by atoms with van der Waals surface area (Å²) in [7, 11) is 0. The highest BCUT2D eigenvalue weighted by atomic mass is 19.1. The van der Waals surface area contributed by atoms with Gasteiger partial charge in [-0.25, -0.2) is 9.07 Å². The summed E-state index contributed by atoms with van der Waals surface area (Å²) in [6.45, 7) is 0.924. The van der Waals surface area contributed by atoms with E-state index in [1.165, 1.54) is 16.9 Å². The minimum atomic E-state index is -0.369. The third-order valence-electron chi connectivity index (χ3n) is 4.28.